The first-order chi connectivity index (χ1) is 18.3. The number of carbonyl (C=O) groups is 2. The van der Waals surface area contributed by atoms with Crippen molar-refractivity contribution in [2.24, 2.45) is 5.92 Å². The highest BCUT2D eigenvalue weighted by Gasteiger charge is 2.36. The fourth-order valence-corrected chi connectivity index (χ4v) is 7.46. The monoisotopic (exact) mass is 540 g/mol. The summed E-state index contributed by atoms with van der Waals surface area (Å²) < 4.78 is 34.2. The van der Waals surface area contributed by atoms with Crippen molar-refractivity contribution < 1.29 is 22.7 Å². The van der Waals surface area contributed by atoms with Crippen LogP contribution in [0.5, 0.6) is 5.75 Å². The number of nitrogens with zero attached hydrogens (tertiary/aromatic N) is 4. The Morgan fingerprint density at radius 3 is 2.42 bits per heavy atom. The molecule has 1 atom stereocenters. The Balaban J connectivity index is 1.25. The molecule has 0 spiro atoms. The van der Waals surface area contributed by atoms with Gasteiger partial charge in [0.25, 0.3) is 0 Å². The minimum atomic E-state index is -3.75. The number of amides is 2. The van der Waals surface area contributed by atoms with Crippen molar-refractivity contribution in [2.75, 3.05) is 62.7 Å². The van der Waals surface area contributed by atoms with Gasteiger partial charge in [-0.05, 0) is 61.6 Å². The lowest BCUT2D eigenvalue weighted by molar-refractivity contribution is -0.137. The van der Waals surface area contributed by atoms with Crippen LogP contribution >= 0.6 is 0 Å². The molecule has 0 N–H and O–H groups in total. The summed E-state index contributed by atoms with van der Waals surface area (Å²) in [5.41, 5.74) is 2.69. The SMILES string of the molecule is COc1ccccc1N1CCN(C(=O)[C@H]2CCCN(S(=O)(=O)c3ccc4c(c3)CCCN4C(C)=O)C2)CC1. The molecule has 3 aliphatic rings. The minimum Gasteiger partial charge on any atom is -0.495 e. The third kappa shape index (κ3) is 5.11. The quantitative estimate of drug-likeness (QED) is 0.580. The standard InChI is InChI=1S/C28H36N4O5S/c1-21(33)32-14-6-7-22-19-24(11-12-25(22)32)38(35,36)31-13-5-8-23(20-31)28(34)30-17-15-29(16-18-30)26-9-3-4-10-27(26)37-2/h3-4,9-12,19,23H,5-8,13-18,20H2,1-2H3/t23-/m0/s1. The van der Waals surface area contributed by atoms with Crippen LogP contribution in [-0.4, -0.2) is 82.4 Å². The van der Waals surface area contributed by atoms with Crippen LogP contribution in [0.1, 0.15) is 31.7 Å². The number of piperidine rings is 1. The van der Waals surface area contributed by atoms with Crippen molar-refractivity contribution in [3.63, 3.8) is 0 Å². The van der Waals surface area contributed by atoms with Crippen LogP contribution in [0.4, 0.5) is 11.4 Å². The molecule has 2 aromatic rings. The number of anilines is 2. The van der Waals surface area contributed by atoms with Crippen LogP contribution < -0.4 is 14.5 Å². The molecule has 0 saturated carbocycles. The van der Waals surface area contributed by atoms with Gasteiger partial charge in [0.05, 0.1) is 23.6 Å². The number of aryl methyl sites for hydroxylation is 1. The predicted octanol–water partition coefficient (Wildman–Crippen LogP) is 2.74. The largest absolute Gasteiger partial charge is 0.495 e. The molecule has 5 rings (SSSR count). The van der Waals surface area contributed by atoms with Crippen LogP contribution in [0.3, 0.4) is 0 Å². The van der Waals surface area contributed by atoms with Crippen LogP contribution in [0.15, 0.2) is 47.4 Å². The highest BCUT2D eigenvalue weighted by Crippen LogP contribution is 2.33. The number of ether oxygens (including phenoxy) is 1. The van der Waals surface area contributed by atoms with Gasteiger partial charge in [-0.3, -0.25) is 9.59 Å². The van der Waals surface area contributed by atoms with E-state index >= 15 is 0 Å². The summed E-state index contributed by atoms with van der Waals surface area (Å²) in [6.07, 6.45) is 2.89. The molecule has 3 heterocycles. The van der Waals surface area contributed by atoms with Crippen LogP contribution in [0.2, 0.25) is 0 Å². The summed E-state index contributed by atoms with van der Waals surface area (Å²) in [6.45, 7) is 5.38. The Morgan fingerprint density at radius 1 is 0.921 bits per heavy atom. The second kappa shape index (κ2) is 10.9. The molecule has 0 unspecified atom stereocenters. The average Bonchev–Trinajstić information content (AvgIpc) is 2.96. The van der Waals surface area contributed by atoms with Gasteiger partial charge in [-0.25, -0.2) is 8.42 Å². The number of para-hydroxylation sites is 2. The lowest BCUT2D eigenvalue weighted by atomic mass is 9.97. The smallest absolute Gasteiger partial charge is 0.243 e. The number of rotatable bonds is 5. The number of fused-ring (bicyclic) bond motifs is 1. The Hall–Kier alpha value is -3.11. The van der Waals surface area contributed by atoms with Crippen molar-refractivity contribution in [3.8, 4) is 5.75 Å². The summed E-state index contributed by atoms with van der Waals surface area (Å²) in [5, 5.41) is 0. The Kier molecular flexibility index (Phi) is 7.63. The van der Waals surface area contributed by atoms with E-state index in [9.17, 15) is 18.0 Å². The number of piperazine rings is 1. The summed E-state index contributed by atoms with van der Waals surface area (Å²) in [6, 6.07) is 12.9. The molecule has 2 saturated heterocycles. The molecule has 0 bridgehead atoms. The molecule has 0 aliphatic carbocycles. The molecule has 2 aromatic carbocycles. The zero-order valence-corrected chi connectivity index (χ0v) is 23.0. The number of benzene rings is 2. The van der Waals surface area contributed by atoms with Gasteiger partial charge < -0.3 is 19.4 Å². The van der Waals surface area contributed by atoms with Gasteiger partial charge >= 0.3 is 0 Å². The molecule has 0 radical (unpaired) electrons. The Labute approximate surface area is 225 Å². The van der Waals surface area contributed by atoms with Gasteiger partial charge in [0.1, 0.15) is 5.75 Å². The van der Waals surface area contributed by atoms with E-state index in [0.717, 1.165) is 35.5 Å². The maximum atomic E-state index is 13.6. The molecule has 10 heteroatoms. The zero-order valence-electron chi connectivity index (χ0n) is 22.1. The van der Waals surface area contributed by atoms with Crippen molar-refractivity contribution in [1.82, 2.24) is 9.21 Å². The van der Waals surface area contributed by atoms with Gasteiger partial charge in [-0.2, -0.15) is 4.31 Å². The third-order valence-corrected chi connectivity index (χ3v) is 9.80. The summed E-state index contributed by atoms with van der Waals surface area (Å²) >= 11 is 0. The second-order valence-electron chi connectivity index (χ2n) is 10.3. The highest BCUT2D eigenvalue weighted by molar-refractivity contribution is 7.89. The lowest BCUT2D eigenvalue weighted by Crippen LogP contribution is -2.53. The van der Waals surface area contributed by atoms with Crippen molar-refractivity contribution in [2.45, 2.75) is 37.5 Å². The first-order valence-electron chi connectivity index (χ1n) is 13.4. The summed E-state index contributed by atoms with van der Waals surface area (Å²) in [5.74, 6) is 0.466. The maximum absolute atomic E-state index is 13.6. The van der Waals surface area contributed by atoms with Crippen LogP contribution in [-0.2, 0) is 26.0 Å². The van der Waals surface area contributed by atoms with E-state index in [1.165, 1.54) is 11.2 Å². The summed E-state index contributed by atoms with van der Waals surface area (Å²) in [4.78, 5) is 31.5. The Morgan fingerprint density at radius 2 is 1.68 bits per heavy atom. The molecule has 0 aromatic heterocycles. The van der Waals surface area contributed by atoms with Gasteiger partial charge in [0.2, 0.25) is 21.8 Å². The number of carbonyl (C=O) groups excluding carboxylic acids is 2. The van der Waals surface area contributed by atoms with E-state index < -0.39 is 10.0 Å². The van der Waals surface area contributed by atoms with Crippen molar-refractivity contribution in [1.29, 1.82) is 0 Å². The first-order valence-corrected chi connectivity index (χ1v) is 14.8. The fourth-order valence-electron chi connectivity index (χ4n) is 5.89. The van der Waals surface area contributed by atoms with E-state index in [4.69, 9.17) is 4.74 Å². The van der Waals surface area contributed by atoms with Gasteiger partial charge in [0.15, 0.2) is 0 Å². The highest BCUT2D eigenvalue weighted by atomic mass is 32.2. The topological polar surface area (TPSA) is 90.5 Å². The normalized spacial score (nSPS) is 20.7. The van der Waals surface area contributed by atoms with E-state index in [1.54, 1.807) is 30.2 Å². The van der Waals surface area contributed by atoms with Gasteiger partial charge in [-0.1, -0.05) is 12.1 Å². The zero-order chi connectivity index (χ0) is 26.9. The van der Waals surface area contributed by atoms with E-state index in [1.807, 2.05) is 29.2 Å². The van der Waals surface area contributed by atoms with Gasteiger partial charge in [-0.15, -0.1) is 0 Å². The average molecular weight is 541 g/mol. The first kappa shape index (κ1) is 26.5. The van der Waals surface area contributed by atoms with Crippen LogP contribution in [0.25, 0.3) is 0 Å². The molecule has 3 aliphatic heterocycles. The molecule has 2 amide bonds. The van der Waals surface area contributed by atoms with E-state index in [-0.39, 0.29) is 29.2 Å². The molecule has 2 fully saturated rings. The third-order valence-electron chi connectivity index (χ3n) is 7.94. The molecule has 38 heavy (non-hydrogen) atoms. The lowest BCUT2D eigenvalue weighted by Gasteiger charge is -2.39. The molecule has 9 nitrogen and oxygen atoms in total. The van der Waals surface area contributed by atoms with Crippen LogP contribution in [0, 0.1) is 5.92 Å². The van der Waals surface area contributed by atoms with Crippen molar-refractivity contribution in [3.05, 3.63) is 48.0 Å². The predicted molar refractivity (Wildman–Crippen MR) is 146 cm³/mol. The van der Waals surface area contributed by atoms with E-state index in [0.29, 0.717) is 52.1 Å². The fraction of sp³-hybridized carbons (Fsp3) is 0.500. The number of methoxy groups -OCH3 is 1. The minimum absolute atomic E-state index is 0.0344. The number of hydrogen-bond acceptors (Lipinski definition) is 6. The number of sulfonamides is 1. The van der Waals surface area contributed by atoms with Gasteiger partial charge in [0, 0.05) is 58.4 Å². The van der Waals surface area contributed by atoms with E-state index in [2.05, 4.69) is 4.90 Å². The second-order valence-corrected chi connectivity index (χ2v) is 12.2. The number of hydrogen-bond donors (Lipinski definition) is 0. The summed E-state index contributed by atoms with van der Waals surface area (Å²) in [7, 11) is -2.09. The Bertz CT molecular complexity index is 1310. The van der Waals surface area contributed by atoms with Crippen molar-refractivity contribution >= 4 is 33.2 Å². The molecular formula is C28H36N4O5S. The molecule has 204 valence electrons. The molecular weight excluding hydrogens is 504 g/mol. The maximum Gasteiger partial charge on any atom is 0.243 e.